The molecule has 21 heavy (non-hydrogen) atoms. The van der Waals surface area contributed by atoms with Crippen molar-refractivity contribution < 1.29 is 17.6 Å². The molecule has 2 rings (SSSR count). The number of aryl methyl sites for hydroxylation is 1. The molecule has 1 aliphatic heterocycles. The smallest absolute Gasteiger partial charge is 0.246 e. The fourth-order valence-corrected chi connectivity index (χ4v) is 3.75. The van der Waals surface area contributed by atoms with Gasteiger partial charge in [0, 0.05) is 38.8 Å². The summed E-state index contributed by atoms with van der Waals surface area (Å²) in [5.41, 5.74) is 6.40. The number of anilines is 1. The lowest BCUT2D eigenvalue weighted by Crippen LogP contribution is -2.50. The molecule has 1 aromatic rings. The van der Waals surface area contributed by atoms with E-state index >= 15 is 0 Å². The molecule has 0 saturated carbocycles. The molecule has 6 nitrogen and oxygen atoms in total. The molecule has 0 atom stereocenters. The lowest BCUT2D eigenvalue weighted by atomic mass is 10.2. The van der Waals surface area contributed by atoms with Gasteiger partial charge in [0.05, 0.1) is 0 Å². The summed E-state index contributed by atoms with van der Waals surface area (Å²) in [5, 5.41) is 0. The Kier molecular flexibility index (Phi) is 4.20. The van der Waals surface area contributed by atoms with E-state index in [2.05, 4.69) is 0 Å². The maximum absolute atomic E-state index is 14.0. The number of carbonyl (C=O) groups is 1. The highest BCUT2D eigenvalue weighted by Gasteiger charge is 2.31. The van der Waals surface area contributed by atoms with Crippen LogP contribution in [-0.4, -0.2) is 49.7 Å². The molecule has 1 heterocycles. The molecule has 1 amide bonds. The SMILES string of the molecule is CC(=O)N1CCN(S(=O)(=O)c2cc(N)c(C)cc2F)CC1. The van der Waals surface area contributed by atoms with Crippen molar-refractivity contribution in [2.75, 3.05) is 31.9 Å². The Labute approximate surface area is 123 Å². The summed E-state index contributed by atoms with van der Waals surface area (Å²) in [6, 6.07) is 2.27. The number of piperazine rings is 1. The van der Waals surface area contributed by atoms with Gasteiger partial charge >= 0.3 is 0 Å². The molecule has 116 valence electrons. The van der Waals surface area contributed by atoms with Gasteiger partial charge in [-0.25, -0.2) is 12.8 Å². The number of rotatable bonds is 2. The molecule has 1 fully saturated rings. The van der Waals surface area contributed by atoms with Crippen molar-refractivity contribution in [2.45, 2.75) is 18.7 Å². The molecule has 0 aromatic heterocycles. The Morgan fingerprint density at radius 3 is 2.33 bits per heavy atom. The minimum Gasteiger partial charge on any atom is -0.398 e. The Bertz CT molecular complexity index is 667. The highest BCUT2D eigenvalue weighted by atomic mass is 32.2. The molecule has 8 heteroatoms. The highest BCUT2D eigenvalue weighted by Crippen LogP contribution is 2.25. The Hall–Kier alpha value is -1.67. The third-order valence-electron chi connectivity index (χ3n) is 3.62. The summed E-state index contributed by atoms with van der Waals surface area (Å²) in [4.78, 5) is 12.4. The van der Waals surface area contributed by atoms with Crippen LogP contribution in [-0.2, 0) is 14.8 Å². The van der Waals surface area contributed by atoms with E-state index < -0.39 is 20.7 Å². The van der Waals surface area contributed by atoms with Crippen LogP contribution in [0.2, 0.25) is 0 Å². The maximum Gasteiger partial charge on any atom is 0.246 e. The number of hydrogen-bond acceptors (Lipinski definition) is 4. The van der Waals surface area contributed by atoms with Crippen molar-refractivity contribution in [3.63, 3.8) is 0 Å². The standard InChI is InChI=1S/C13H18FN3O3S/c1-9-7-11(14)13(8-12(9)15)21(19,20)17-5-3-16(4-6-17)10(2)18/h7-8H,3-6,15H2,1-2H3. The number of amides is 1. The fraction of sp³-hybridized carbons (Fsp3) is 0.462. The van der Waals surface area contributed by atoms with Gasteiger partial charge in [-0.2, -0.15) is 4.31 Å². The van der Waals surface area contributed by atoms with Crippen LogP contribution in [0.15, 0.2) is 17.0 Å². The number of halogens is 1. The van der Waals surface area contributed by atoms with E-state index in [0.717, 1.165) is 12.1 Å². The minimum absolute atomic E-state index is 0.0993. The van der Waals surface area contributed by atoms with Crippen molar-refractivity contribution in [1.82, 2.24) is 9.21 Å². The number of nitrogens with two attached hydrogens (primary N) is 1. The van der Waals surface area contributed by atoms with Crippen LogP contribution in [0.25, 0.3) is 0 Å². The zero-order valence-corrected chi connectivity index (χ0v) is 12.8. The topological polar surface area (TPSA) is 83.7 Å². The van der Waals surface area contributed by atoms with Gasteiger partial charge in [0.1, 0.15) is 10.7 Å². The third-order valence-corrected chi connectivity index (χ3v) is 5.54. The van der Waals surface area contributed by atoms with Gasteiger partial charge in [-0.15, -0.1) is 0 Å². The first kappa shape index (κ1) is 15.7. The first-order valence-corrected chi connectivity index (χ1v) is 7.99. The second kappa shape index (κ2) is 5.61. The van der Waals surface area contributed by atoms with Gasteiger partial charge in [0.25, 0.3) is 0 Å². The Morgan fingerprint density at radius 1 is 1.24 bits per heavy atom. The normalized spacial score (nSPS) is 17.0. The number of sulfonamides is 1. The molecule has 2 N–H and O–H groups in total. The quantitative estimate of drug-likeness (QED) is 0.809. The van der Waals surface area contributed by atoms with Crippen LogP contribution >= 0.6 is 0 Å². The summed E-state index contributed by atoms with van der Waals surface area (Å²) in [6.45, 7) is 3.95. The molecule has 1 saturated heterocycles. The maximum atomic E-state index is 14.0. The average Bonchev–Trinajstić information content (AvgIpc) is 2.42. The van der Waals surface area contributed by atoms with Crippen LogP contribution < -0.4 is 5.73 Å². The lowest BCUT2D eigenvalue weighted by Gasteiger charge is -2.33. The van der Waals surface area contributed by atoms with Gasteiger partial charge < -0.3 is 10.6 Å². The summed E-state index contributed by atoms with van der Waals surface area (Å²) in [5.74, 6) is -0.909. The zero-order valence-electron chi connectivity index (χ0n) is 12.0. The number of nitrogen functional groups attached to an aromatic ring is 1. The number of nitrogens with zero attached hydrogens (tertiary/aromatic N) is 2. The van der Waals surface area contributed by atoms with Crippen molar-refractivity contribution in [3.05, 3.63) is 23.5 Å². The predicted molar refractivity (Wildman–Crippen MR) is 76.6 cm³/mol. The molecular formula is C13H18FN3O3S. The van der Waals surface area contributed by atoms with Crippen LogP contribution in [0.5, 0.6) is 0 Å². The second-order valence-corrected chi connectivity index (χ2v) is 6.96. The van der Waals surface area contributed by atoms with Gasteiger partial charge in [-0.1, -0.05) is 0 Å². The number of hydrogen-bond donors (Lipinski definition) is 1. The van der Waals surface area contributed by atoms with Crippen LogP contribution in [0.4, 0.5) is 10.1 Å². The van der Waals surface area contributed by atoms with E-state index in [1.807, 2.05) is 0 Å². The van der Waals surface area contributed by atoms with E-state index in [1.165, 1.54) is 11.2 Å². The molecule has 0 aliphatic carbocycles. The molecule has 0 spiro atoms. The first-order valence-electron chi connectivity index (χ1n) is 6.55. The summed E-state index contributed by atoms with van der Waals surface area (Å²) < 4.78 is 40.1. The fourth-order valence-electron chi connectivity index (χ4n) is 2.25. The van der Waals surface area contributed by atoms with Crippen LogP contribution in [0.3, 0.4) is 0 Å². The Morgan fingerprint density at radius 2 is 1.81 bits per heavy atom. The first-order chi connectivity index (χ1) is 9.73. The highest BCUT2D eigenvalue weighted by molar-refractivity contribution is 7.89. The number of carbonyl (C=O) groups excluding carboxylic acids is 1. The number of benzene rings is 1. The van der Waals surface area contributed by atoms with Crippen molar-refractivity contribution in [3.8, 4) is 0 Å². The van der Waals surface area contributed by atoms with Gasteiger partial charge in [-0.05, 0) is 24.6 Å². The molecule has 1 aromatic carbocycles. The molecule has 0 unspecified atom stereocenters. The van der Waals surface area contributed by atoms with Crippen LogP contribution in [0.1, 0.15) is 12.5 Å². The van der Waals surface area contributed by atoms with E-state index in [1.54, 1.807) is 11.8 Å². The predicted octanol–water partition coefficient (Wildman–Crippen LogP) is 0.569. The molecule has 0 bridgehead atoms. The summed E-state index contributed by atoms with van der Waals surface area (Å²) in [6.07, 6.45) is 0. The van der Waals surface area contributed by atoms with E-state index in [-0.39, 0.29) is 24.7 Å². The van der Waals surface area contributed by atoms with Crippen LogP contribution in [0, 0.1) is 12.7 Å². The largest absolute Gasteiger partial charge is 0.398 e. The van der Waals surface area contributed by atoms with Crippen molar-refractivity contribution in [2.24, 2.45) is 0 Å². The van der Waals surface area contributed by atoms with E-state index in [0.29, 0.717) is 18.7 Å². The Balaban J connectivity index is 2.28. The third kappa shape index (κ3) is 3.01. The second-order valence-electron chi connectivity index (χ2n) is 5.05. The van der Waals surface area contributed by atoms with Crippen molar-refractivity contribution in [1.29, 1.82) is 0 Å². The summed E-state index contributed by atoms with van der Waals surface area (Å²) >= 11 is 0. The molecule has 1 aliphatic rings. The molecule has 0 radical (unpaired) electrons. The van der Waals surface area contributed by atoms with E-state index in [4.69, 9.17) is 5.73 Å². The van der Waals surface area contributed by atoms with Gasteiger partial charge in [0.15, 0.2) is 0 Å². The van der Waals surface area contributed by atoms with Gasteiger partial charge in [-0.3, -0.25) is 4.79 Å². The zero-order chi connectivity index (χ0) is 15.8. The monoisotopic (exact) mass is 315 g/mol. The van der Waals surface area contributed by atoms with E-state index in [9.17, 15) is 17.6 Å². The van der Waals surface area contributed by atoms with Crippen molar-refractivity contribution >= 4 is 21.6 Å². The average molecular weight is 315 g/mol. The van der Waals surface area contributed by atoms with Gasteiger partial charge in [0.2, 0.25) is 15.9 Å². The minimum atomic E-state index is -3.94. The lowest BCUT2D eigenvalue weighted by molar-refractivity contribution is -0.129. The molecular weight excluding hydrogens is 297 g/mol. The summed E-state index contributed by atoms with van der Waals surface area (Å²) in [7, 11) is -3.94.